The van der Waals surface area contributed by atoms with Crippen LogP contribution in [-0.4, -0.2) is 49.3 Å². The van der Waals surface area contributed by atoms with Crippen molar-refractivity contribution in [3.63, 3.8) is 0 Å². The number of allylic oxidation sites excluding steroid dienone is 18. The van der Waals surface area contributed by atoms with E-state index in [2.05, 4.69) is 123 Å². The van der Waals surface area contributed by atoms with E-state index in [1.165, 1.54) is 225 Å². The third-order valence-corrected chi connectivity index (χ3v) is 17.1. The Bertz CT molecular complexity index is 1830. The summed E-state index contributed by atoms with van der Waals surface area (Å²) in [5.41, 5.74) is 5.41. The van der Waals surface area contributed by atoms with Crippen molar-refractivity contribution in [3.8, 4) is 0 Å². The van der Waals surface area contributed by atoms with Crippen molar-refractivity contribution >= 4 is 19.8 Å². The molecule has 2 unspecified atom stereocenters. The number of phosphoric acid groups is 1. The molecule has 0 saturated carbocycles. The molecule has 89 heavy (non-hydrogen) atoms. The Kier molecular flexibility index (Phi) is 71.0. The van der Waals surface area contributed by atoms with Gasteiger partial charge in [-0.2, -0.15) is 0 Å². The quantitative estimate of drug-likeness (QED) is 0.0264. The summed E-state index contributed by atoms with van der Waals surface area (Å²) in [6.07, 6.45) is 102. The van der Waals surface area contributed by atoms with Crippen molar-refractivity contribution in [3.05, 3.63) is 109 Å². The zero-order valence-corrected chi connectivity index (χ0v) is 58.8. The highest BCUT2D eigenvalue weighted by Gasteiger charge is 2.26. The van der Waals surface area contributed by atoms with E-state index < -0.39 is 26.5 Å². The van der Waals surface area contributed by atoms with E-state index in [1.54, 1.807) is 0 Å². The third kappa shape index (κ3) is 73.6. The standard InChI is InChI=1S/C79H140NO8P/c1-3-5-7-9-11-13-15-17-19-21-23-25-27-29-31-33-34-35-36-37-38-39-40-41-42-44-46-48-50-52-54-56-58-60-62-64-66-68-70-72-79(82)88-77(76-87-89(83,84)86-74-73-80)75-85-78(81)71-69-67-65-63-61-59-57-55-53-51-49-47-45-43-32-30-28-26-24-22-20-18-16-14-12-10-8-6-4-2/h5-8,11-14,17-20,23-26,29,31,77H,3-4,9-10,15-16,21-22,27-28,30,32-76,80H2,1-2H3,(H,83,84)/b7-5-,8-6-,13-11-,14-12-,19-17-,20-18-,25-23-,26-24-,31-29-. The fraction of sp³-hybridized carbons (Fsp3) is 0.747. The molecule has 0 aromatic carbocycles. The van der Waals surface area contributed by atoms with E-state index in [4.69, 9.17) is 24.3 Å². The SMILES string of the molecule is CC/C=C\C/C=C\C/C=C\C/C=C\C/C=C\CCCCCCCCCCCCCCCCCCCCCCCCCC(=O)OC(COC(=O)CCCCCCCCCCCCCCCCCC/C=C\C/C=C\C/C=C\C/C=C\CC)COP(=O)(O)OCCN. The van der Waals surface area contributed by atoms with Gasteiger partial charge >= 0.3 is 19.8 Å². The predicted molar refractivity (Wildman–Crippen MR) is 385 cm³/mol. The summed E-state index contributed by atoms with van der Waals surface area (Å²) in [4.78, 5) is 35.4. The fourth-order valence-electron chi connectivity index (χ4n) is 10.7. The van der Waals surface area contributed by atoms with Crippen molar-refractivity contribution in [2.24, 2.45) is 5.73 Å². The molecule has 0 amide bonds. The Labute approximate surface area is 549 Å². The molecule has 0 saturated heterocycles. The van der Waals surface area contributed by atoms with Crippen LogP contribution in [0.5, 0.6) is 0 Å². The number of nitrogens with two attached hydrogens (primary N) is 1. The first-order valence-corrected chi connectivity index (χ1v) is 38.9. The maximum atomic E-state index is 12.8. The molecule has 0 aliphatic rings. The topological polar surface area (TPSA) is 134 Å². The normalized spacial score (nSPS) is 13.5. The Morgan fingerprint density at radius 1 is 0.337 bits per heavy atom. The Hall–Kier alpha value is -3.33. The van der Waals surface area contributed by atoms with Gasteiger partial charge in [-0.25, -0.2) is 4.57 Å². The lowest BCUT2D eigenvalue weighted by atomic mass is 10.0. The molecule has 0 aromatic heterocycles. The van der Waals surface area contributed by atoms with Crippen LogP contribution in [-0.2, 0) is 32.7 Å². The lowest BCUT2D eigenvalue weighted by Gasteiger charge is -2.19. The largest absolute Gasteiger partial charge is 0.472 e. The first kappa shape index (κ1) is 85.7. The number of esters is 2. The molecular weight excluding hydrogens is 1120 g/mol. The molecule has 0 aliphatic carbocycles. The van der Waals surface area contributed by atoms with E-state index >= 15 is 0 Å². The maximum absolute atomic E-state index is 12.8. The molecule has 0 heterocycles. The predicted octanol–water partition coefficient (Wildman–Crippen LogP) is 24.9. The Morgan fingerprint density at radius 2 is 0.584 bits per heavy atom. The summed E-state index contributed by atoms with van der Waals surface area (Å²) in [6.45, 7) is 3.56. The molecule has 3 N–H and O–H groups in total. The van der Waals surface area contributed by atoms with Crippen molar-refractivity contribution in [1.82, 2.24) is 0 Å². The number of hydrogen-bond donors (Lipinski definition) is 2. The summed E-state index contributed by atoms with van der Waals surface area (Å²) in [5.74, 6) is -0.814. The molecule has 0 aromatic rings. The van der Waals surface area contributed by atoms with Crippen molar-refractivity contribution in [1.29, 1.82) is 0 Å². The van der Waals surface area contributed by atoms with E-state index in [9.17, 15) is 19.0 Å². The zero-order chi connectivity index (χ0) is 64.4. The highest BCUT2D eigenvalue weighted by atomic mass is 31.2. The summed E-state index contributed by atoms with van der Waals surface area (Å²) in [7, 11) is -4.40. The number of carbonyl (C=O) groups is 2. The summed E-state index contributed by atoms with van der Waals surface area (Å²) >= 11 is 0. The van der Waals surface area contributed by atoms with Gasteiger partial charge in [0.25, 0.3) is 0 Å². The lowest BCUT2D eigenvalue weighted by molar-refractivity contribution is -0.161. The minimum atomic E-state index is -4.40. The molecule has 10 heteroatoms. The summed E-state index contributed by atoms with van der Waals surface area (Å²) in [6, 6.07) is 0. The highest BCUT2D eigenvalue weighted by Crippen LogP contribution is 2.43. The van der Waals surface area contributed by atoms with Crippen LogP contribution < -0.4 is 5.73 Å². The van der Waals surface area contributed by atoms with E-state index in [0.29, 0.717) is 6.42 Å². The van der Waals surface area contributed by atoms with Crippen LogP contribution in [0.4, 0.5) is 0 Å². The molecule has 0 bridgehead atoms. The molecule has 9 nitrogen and oxygen atoms in total. The fourth-order valence-corrected chi connectivity index (χ4v) is 11.5. The second kappa shape index (κ2) is 73.7. The first-order chi connectivity index (χ1) is 43.8. The molecule has 0 spiro atoms. The van der Waals surface area contributed by atoms with Crippen LogP contribution in [0.1, 0.15) is 348 Å². The van der Waals surface area contributed by atoms with Crippen molar-refractivity contribution in [2.75, 3.05) is 26.4 Å². The van der Waals surface area contributed by atoms with Gasteiger partial charge in [0.05, 0.1) is 13.2 Å². The smallest absolute Gasteiger partial charge is 0.462 e. The van der Waals surface area contributed by atoms with E-state index in [0.717, 1.165) is 89.9 Å². The second-order valence-electron chi connectivity index (χ2n) is 24.8. The van der Waals surface area contributed by atoms with Gasteiger partial charge in [-0.3, -0.25) is 18.6 Å². The van der Waals surface area contributed by atoms with Gasteiger partial charge in [0.1, 0.15) is 6.61 Å². The Morgan fingerprint density at radius 3 is 0.865 bits per heavy atom. The number of carbonyl (C=O) groups excluding carboxylic acids is 2. The van der Waals surface area contributed by atoms with Gasteiger partial charge in [-0.05, 0) is 96.3 Å². The minimum Gasteiger partial charge on any atom is -0.462 e. The monoisotopic (exact) mass is 1260 g/mol. The number of phosphoric ester groups is 1. The first-order valence-electron chi connectivity index (χ1n) is 37.4. The number of rotatable bonds is 70. The molecule has 0 rings (SSSR count). The Balaban J connectivity index is 3.80. The van der Waals surface area contributed by atoms with Gasteiger partial charge in [0.15, 0.2) is 6.10 Å². The van der Waals surface area contributed by atoms with Crippen LogP contribution in [0.25, 0.3) is 0 Å². The number of hydrogen-bond acceptors (Lipinski definition) is 8. The molecular formula is C79H140NO8P. The number of ether oxygens (including phenoxy) is 2. The number of unbranched alkanes of at least 4 members (excludes halogenated alkanes) is 39. The molecule has 2 atom stereocenters. The van der Waals surface area contributed by atoms with Gasteiger partial charge in [-0.1, -0.05) is 348 Å². The minimum absolute atomic E-state index is 0.0524. The molecule has 514 valence electrons. The second-order valence-corrected chi connectivity index (χ2v) is 26.2. The van der Waals surface area contributed by atoms with Gasteiger partial charge in [0.2, 0.25) is 0 Å². The van der Waals surface area contributed by atoms with Crippen LogP contribution >= 0.6 is 7.82 Å². The maximum Gasteiger partial charge on any atom is 0.472 e. The van der Waals surface area contributed by atoms with Gasteiger partial charge < -0.3 is 20.1 Å². The highest BCUT2D eigenvalue weighted by molar-refractivity contribution is 7.47. The molecule has 0 radical (unpaired) electrons. The average Bonchev–Trinajstić information content (AvgIpc) is 3.68. The van der Waals surface area contributed by atoms with Crippen molar-refractivity contribution in [2.45, 2.75) is 354 Å². The van der Waals surface area contributed by atoms with Crippen LogP contribution in [0.3, 0.4) is 0 Å². The van der Waals surface area contributed by atoms with Gasteiger partial charge in [0, 0.05) is 19.4 Å². The summed E-state index contributed by atoms with van der Waals surface area (Å²) < 4.78 is 33.2. The van der Waals surface area contributed by atoms with Crippen LogP contribution in [0.2, 0.25) is 0 Å². The van der Waals surface area contributed by atoms with E-state index in [1.807, 2.05) is 0 Å². The van der Waals surface area contributed by atoms with Crippen molar-refractivity contribution < 1.29 is 37.6 Å². The van der Waals surface area contributed by atoms with Crippen LogP contribution in [0.15, 0.2) is 109 Å². The average molecular weight is 1260 g/mol. The van der Waals surface area contributed by atoms with Crippen LogP contribution in [0, 0.1) is 0 Å². The van der Waals surface area contributed by atoms with Gasteiger partial charge in [-0.15, -0.1) is 0 Å². The molecule has 0 aliphatic heterocycles. The third-order valence-electron chi connectivity index (χ3n) is 16.2. The zero-order valence-electron chi connectivity index (χ0n) is 57.9. The lowest BCUT2D eigenvalue weighted by Crippen LogP contribution is -2.29. The summed E-state index contributed by atoms with van der Waals surface area (Å²) in [5, 5.41) is 0. The van der Waals surface area contributed by atoms with E-state index in [-0.39, 0.29) is 38.6 Å². The molecule has 0 fully saturated rings.